The van der Waals surface area contributed by atoms with Crippen LogP contribution in [0, 0.1) is 5.92 Å². The molecule has 3 aromatic rings. The summed E-state index contributed by atoms with van der Waals surface area (Å²) in [5, 5.41) is 6.13. The number of aromatic nitrogens is 4. The van der Waals surface area contributed by atoms with Gasteiger partial charge in [0.25, 0.3) is 0 Å². The van der Waals surface area contributed by atoms with Crippen LogP contribution in [0.2, 0.25) is 0 Å². The highest BCUT2D eigenvalue weighted by molar-refractivity contribution is 5.78. The smallest absolute Gasteiger partial charge is 0.144 e. The Hall–Kier alpha value is -2.14. The number of pyridine rings is 1. The molecule has 0 radical (unpaired) electrons. The van der Waals surface area contributed by atoms with Gasteiger partial charge >= 0.3 is 0 Å². The maximum absolute atomic E-state index is 5.76. The Kier molecular flexibility index (Phi) is 2.85. The molecule has 0 saturated heterocycles. The quantitative estimate of drug-likeness (QED) is 0.806. The fraction of sp³-hybridized carbons (Fsp3) is 0.444. The molecule has 5 heteroatoms. The van der Waals surface area contributed by atoms with E-state index in [4.69, 9.17) is 10.8 Å². The first-order valence-electron chi connectivity index (χ1n) is 8.55. The summed E-state index contributed by atoms with van der Waals surface area (Å²) in [6.45, 7) is 0.798. The zero-order chi connectivity index (χ0) is 15.4. The molecule has 3 heterocycles. The monoisotopic (exact) mass is 307 g/mol. The molecule has 5 rings (SSSR count). The lowest BCUT2D eigenvalue weighted by atomic mass is 9.80. The fourth-order valence-corrected chi connectivity index (χ4v) is 3.69. The molecule has 23 heavy (non-hydrogen) atoms. The zero-order valence-electron chi connectivity index (χ0n) is 13.1. The van der Waals surface area contributed by atoms with Crippen molar-refractivity contribution in [2.45, 2.75) is 37.6 Å². The molecule has 118 valence electrons. The first-order valence-corrected chi connectivity index (χ1v) is 8.55. The van der Waals surface area contributed by atoms with Crippen molar-refractivity contribution in [1.82, 2.24) is 19.3 Å². The summed E-state index contributed by atoms with van der Waals surface area (Å²) >= 11 is 0. The van der Waals surface area contributed by atoms with E-state index < -0.39 is 0 Å². The number of nitrogens with zero attached hydrogens (tertiary/aromatic N) is 4. The van der Waals surface area contributed by atoms with Crippen molar-refractivity contribution < 1.29 is 0 Å². The molecule has 0 aromatic carbocycles. The lowest BCUT2D eigenvalue weighted by Gasteiger charge is -2.34. The van der Waals surface area contributed by atoms with Gasteiger partial charge in [-0.05, 0) is 56.3 Å². The predicted octanol–water partition coefficient (Wildman–Crippen LogP) is 3.01. The van der Waals surface area contributed by atoms with E-state index in [9.17, 15) is 0 Å². The van der Waals surface area contributed by atoms with Crippen molar-refractivity contribution in [3.05, 3.63) is 42.5 Å². The molecule has 0 aliphatic heterocycles. The average Bonchev–Trinajstić information content (AvgIpc) is 3.15. The van der Waals surface area contributed by atoms with Gasteiger partial charge in [-0.1, -0.05) is 0 Å². The molecule has 0 unspecified atom stereocenters. The topological polar surface area (TPSA) is 61.7 Å². The molecule has 2 fully saturated rings. The molecule has 5 nitrogen and oxygen atoms in total. The largest absolute Gasteiger partial charge is 0.330 e. The number of nitrogens with two attached hydrogens (primary N) is 1. The van der Waals surface area contributed by atoms with Gasteiger partial charge in [-0.2, -0.15) is 5.10 Å². The van der Waals surface area contributed by atoms with Crippen molar-refractivity contribution in [3.63, 3.8) is 0 Å². The third kappa shape index (κ3) is 2.10. The minimum atomic E-state index is 0.518. The van der Waals surface area contributed by atoms with Crippen LogP contribution in [0.3, 0.4) is 0 Å². The molecule has 2 aliphatic rings. The summed E-state index contributed by atoms with van der Waals surface area (Å²) in [7, 11) is 0. The van der Waals surface area contributed by atoms with Gasteiger partial charge in [-0.15, -0.1) is 0 Å². The lowest BCUT2D eigenvalue weighted by molar-refractivity contribution is 0.189. The highest BCUT2D eigenvalue weighted by Crippen LogP contribution is 2.44. The Morgan fingerprint density at radius 1 is 1.22 bits per heavy atom. The lowest BCUT2D eigenvalue weighted by Crippen LogP contribution is -2.32. The van der Waals surface area contributed by atoms with E-state index >= 15 is 0 Å². The molecular weight excluding hydrogens is 286 g/mol. The minimum absolute atomic E-state index is 0.518. The van der Waals surface area contributed by atoms with Gasteiger partial charge in [-0.25, -0.2) is 4.98 Å². The molecule has 0 bridgehead atoms. The third-order valence-electron chi connectivity index (χ3n) is 5.33. The van der Waals surface area contributed by atoms with Crippen LogP contribution in [0.25, 0.3) is 16.7 Å². The summed E-state index contributed by atoms with van der Waals surface area (Å²) in [5.74, 6) is 1.30. The van der Waals surface area contributed by atoms with Crippen LogP contribution in [-0.2, 0) is 0 Å². The average molecular weight is 307 g/mol. The van der Waals surface area contributed by atoms with E-state index in [0.29, 0.717) is 17.9 Å². The van der Waals surface area contributed by atoms with Crippen molar-refractivity contribution in [2.75, 3.05) is 6.54 Å². The van der Waals surface area contributed by atoms with Crippen LogP contribution in [0.4, 0.5) is 0 Å². The van der Waals surface area contributed by atoms with Gasteiger partial charge in [-0.3, -0.25) is 9.25 Å². The molecule has 0 atom stereocenters. The Labute approximate surface area is 135 Å². The molecule has 0 amide bonds. The van der Waals surface area contributed by atoms with E-state index in [2.05, 4.69) is 38.8 Å². The number of hydrogen-bond acceptors (Lipinski definition) is 3. The van der Waals surface area contributed by atoms with Gasteiger partial charge in [0.05, 0.1) is 17.4 Å². The molecule has 3 aromatic heterocycles. The fourth-order valence-electron chi connectivity index (χ4n) is 3.69. The van der Waals surface area contributed by atoms with Crippen molar-refractivity contribution >= 4 is 11.0 Å². The second kappa shape index (κ2) is 4.93. The Balaban J connectivity index is 1.58. The summed E-state index contributed by atoms with van der Waals surface area (Å²) in [5.41, 5.74) is 9.23. The minimum Gasteiger partial charge on any atom is -0.330 e. The first kappa shape index (κ1) is 13.3. The van der Waals surface area contributed by atoms with Crippen molar-refractivity contribution in [3.8, 4) is 5.69 Å². The van der Waals surface area contributed by atoms with E-state index in [1.54, 1.807) is 0 Å². The van der Waals surface area contributed by atoms with Crippen LogP contribution in [0.1, 0.15) is 43.3 Å². The zero-order valence-corrected chi connectivity index (χ0v) is 13.1. The Morgan fingerprint density at radius 2 is 2.09 bits per heavy atom. The van der Waals surface area contributed by atoms with Crippen LogP contribution < -0.4 is 5.73 Å². The van der Waals surface area contributed by atoms with Crippen LogP contribution in [0.15, 0.2) is 36.8 Å². The normalized spacial score (nSPS) is 24.0. The van der Waals surface area contributed by atoms with Crippen LogP contribution in [0.5, 0.6) is 0 Å². The van der Waals surface area contributed by atoms with Gasteiger partial charge in [0, 0.05) is 29.9 Å². The second-order valence-electron chi connectivity index (χ2n) is 6.98. The number of rotatable bonds is 4. The van der Waals surface area contributed by atoms with E-state index in [1.165, 1.54) is 29.6 Å². The van der Waals surface area contributed by atoms with Crippen molar-refractivity contribution in [1.29, 1.82) is 0 Å². The Morgan fingerprint density at radius 3 is 2.87 bits per heavy atom. The standard InChI is InChI=1S/C18H21N5/c19-10-12-8-15(9-12)23-11-16(17(21-23)13-3-4-13)22-7-5-14-2-1-6-20-18(14)22/h1-2,5-7,11-13,15H,3-4,8-10,19H2/t12-,15-. The summed E-state index contributed by atoms with van der Waals surface area (Å²) in [4.78, 5) is 4.56. The summed E-state index contributed by atoms with van der Waals surface area (Å²) < 4.78 is 4.38. The predicted molar refractivity (Wildman–Crippen MR) is 89.6 cm³/mol. The highest BCUT2D eigenvalue weighted by Gasteiger charge is 2.34. The Bertz CT molecular complexity index is 851. The maximum Gasteiger partial charge on any atom is 0.144 e. The molecule has 2 N–H and O–H groups in total. The van der Waals surface area contributed by atoms with Crippen LogP contribution >= 0.6 is 0 Å². The number of fused-ring (bicyclic) bond motifs is 1. The van der Waals surface area contributed by atoms with Crippen LogP contribution in [-0.4, -0.2) is 25.9 Å². The molecular formula is C18H21N5. The van der Waals surface area contributed by atoms with E-state index in [-0.39, 0.29) is 0 Å². The molecule has 0 spiro atoms. The number of hydrogen-bond donors (Lipinski definition) is 1. The second-order valence-corrected chi connectivity index (χ2v) is 6.98. The third-order valence-corrected chi connectivity index (χ3v) is 5.33. The van der Waals surface area contributed by atoms with Gasteiger partial charge in [0.15, 0.2) is 0 Å². The van der Waals surface area contributed by atoms with E-state index in [0.717, 1.165) is 25.0 Å². The van der Waals surface area contributed by atoms with Gasteiger partial charge in [0.1, 0.15) is 5.65 Å². The van der Waals surface area contributed by atoms with E-state index in [1.807, 2.05) is 12.3 Å². The summed E-state index contributed by atoms with van der Waals surface area (Å²) in [6, 6.07) is 6.74. The van der Waals surface area contributed by atoms with Gasteiger partial charge < -0.3 is 5.73 Å². The van der Waals surface area contributed by atoms with Crippen molar-refractivity contribution in [2.24, 2.45) is 11.7 Å². The SMILES string of the molecule is NC[C@H]1C[C@H](n2cc(-n3ccc4cccnc43)c(C3CC3)n2)C1. The summed E-state index contributed by atoms with van der Waals surface area (Å²) in [6.07, 6.45) is 11.0. The first-order chi connectivity index (χ1) is 11.3. The highest BCUT2D eigenvalue weighted by atomic mass is 15.3. The maximum atomic E-state index is 5.76. The molecule has 2 aliphatic carbocycles. The van der Waals surface area contributed by atoms with Gasteiger partial charge in [0.2, 0.25) is 0 Å². The molecule has 2 saturated carbocycles.